The summed E-state index contributed by atoms with van der Waals surface area (Å²) in [5.41, 5.74) is 9.45. The second kappa shape index (κ2) is 9.42. The van der Waals surface area contributed by atoms with Crippen molar-refractivity contribution in [3.8, 4) is 5.75 Å². The predicted octanol–water partition coefficient (Wildman–Crippen LogP) is 2.82. The highest BCUT2D eigenvalue weighted by Crippen LogP contribution is 2.26. The highest BCUT2D eigenvalue weighted by atomic mass is 16.5. The van der Waals surface area contributed by atoms with Crippen LogP contribution in [0.3, 0.4) is 0 Å². The van der Waals surface area contributed by atoms with Crippen molar-refractivity contribution in [3.05, 3.63) is 65.2 Å². The van der Waals surface area contributed by atoms with Crippen molar-refractivity contribution < 1.29 is 9.53 Å². The summed E-state index contributed by atoms with van der Waals surface area (Å²) >= 11 is 0. The summed E-state index contributed by atoms with van der Waals surface area (Å²) in [7, 11) is 0. The van der Waals surface area contributed by atoms with Gasteiger partial charge >= 0.3 is 0 Å². The Morgan fingerprint density at radius 2 is 1.93 bits per heavy atom. The van der Waals surface area contributed by atoms with Crippen molar-refractivity contribution in [2.24, 2.45) is 11.7 Å². The number of nitrogens with two attached hydrogens (primary N) is 1. The highest BCUT2D eigenvalue weighted by Gasteiger charge is 2.24. The number of piperidine rings is 1. The van der Waals surface area contributed by atoms with E-state index in [1.54, 1.807) is 0 Å². The van der Waals surface area contributed by atoms with Crippen molar-refractivity contribution in [1.29, 1.82) is 0 Å². The van der Waals surface area contributed by atoms with Gasteiger partial charge in [-0.25, -0.2) is 0 Å². The summed E-state index contributed by atoms with van der Waals surface area (Å²) in [6, 6.07) is 17.2. The first-order valence-electron chi connectivity index (χ1n) is 10.7. The van der Waals surface area contributed by atoms with Crippen LogP contribution >= 0.6 is 0 Å². The molecule has 0 saturated carbocycles. The van der Waals surface area contributed by atoms with Crippen LogP contribution in [0.25, 0.3) is 0 Å². The maximum Gasteiger partial charge on any atom is 0.221 e. The van der Waals surface area contributed by atoms with E-state index in [1.165, 1.54) is 16.7 Å². The molecule has 1 saturated heterocycles. The van der Waals surface area contributed by atoms with Crippen molar-refractivity contribution in [2.75, 3.05) is 32.8 Å². The molecule has 29 heavy (non-hydrogen) atoms. The fourth-order valence-corrected chi connectivity index (χ4v) is 4.41. The molecule has 1 atom stereocenters. The fourth-order valence-electron chi connectivity index (χ4n) is 4.41. The molecule has 2 aliphatic heterocycles. The molecule has 154 valence electrons. The van der Waals surface area contributed by atoms with Gasteiger partial charge in [-0.3, -0.25) is 14.6 Å². The van der Waals surface area contributed by atoms with E-state index in [0.29, 0.717) is 0 Å². The molecule has 2 heterocycles. The zero-order chi connectivity index (χ0) is 20.1. The van der Waals surface area contributed by atoms with Gasteiger partial charge in [0.1, 0.15) is 12.4 Å². The molecule has 0 spiro atoms. The van der Waals surface area contributed by atoms with Crippen molar-refractivity contribution >= 4 is 5.91 Å². The van der Waals surface area contributed by atoms with Crippen LogP contribution in [0.1, 0.15) is 29.5 Å². The van der Waals surface area contributed by atoms with Crippen molar-refractivity contribution in [1.82, 2.24) is 9.80 Å². The number of hydrogen-bond acceptors (Lipinski definition) is 4. The number of rotatable bonds is 6. The van der Waals surface area contributed by atoms with Crippen LogP contribution < -0.4 is 10.5 Å². The molecule has 5 nitrogen and oxygen atoms in total. The van der Waals surface area contributed by atoms with Crippen LogP contribution in [0.15, 0.2) is 48.5 Å². The molecule has 0 bridgehead atoms. The van der Waals surface area contributed by atoms with Gasteiger partial charge < -0.3 is 10.5 Å². The van der Waals surface area contributed by atoms with Gasteiger partial charge in [-0.15, -0.1) is 0 Å². The zero-order valence-corrected chi connectivity index (χ0v) is 17.1. The van der Waals surface area contributed by atoms with Crippen LogP contribution in [0.2, 0.25) is 0 Å². The van der Waals surface area contributed by atoms with Gasteiger partial charge in [-0.05, 0) is 49.1 Å². The highest BCUT2D eigenvalue weighted by molar-refractivity contribution is 5.76. The molecule has 0 aromatic heterocycles. The summed E-state index contributed by atoms with van der Waals surface area (Å²) in [5, 5.41) is 0. The Labute approximate surface area is 173 Å². The molecular formula is C24H31N3O2. The van der Waals surface area contributed by atoms with E-state index < -0.39 is 0 Å². The Morgan fingerprint density at radius 1 is 1.07 bits per heavy atom. The maximum atomic E-state index is 11.6. The first kappa shape index (κ1) is 19.9. The van der Waals surface area contributed by atoms with Crippen LogP contribution in [0, 0.1) is 5.92 Å². The molecule has 5 heteroatoms. The lowest BCUT2D eigenvalue weighted by atomic mass is 9.97. The van der Waals surface area contributed by atoms with E-state index in [4.69, 9.17) is 10.5 Å². The Hall–Kier alpha value is -2.37. The molecular weight excluding hydrogens is 362 g/mol. The molecule has 4 rings (SSSR count). The van der Waals surface area contributed by atoms with Crippen molar-refractivity contribution in [2.45, 2.75) is 32.4 Å². The Morgan fingerprint density at radius 3 is 2.76 bits per heavy atom. The Balaban J connectivity index is 1.39. The van der Waals surface area contributed by atoms with Gasteiger partial charge in [0.15, 0.2) is 0 Å². The SMILES string of the molecule is NC(=O)C1CCCN(Cc2ccc3c(c2)CN(CCc2ccccc2)CCO3)C1. The number of ether oxygens (including phenoxy) is 1. The number of benzene rings is 2. The standard InChI is InChI=1S/C24H31N3O2/c25-24(28)21-7-4-11-27(17-21)16-20-8-9-23-22(15-20)18-26(13-14-29-23)12-10-19-5-2-1-3-6-19/h1-3,5-6,8-9,15,21H,4,7,10-14,16-18H2,(H2,25,28). The number of carbonyl (C=O) groups is 1. The lowest BCUT2D eigenvalue weighted by Crippen LogP contribution is -2.40. The average Bonchev–Trinajstić information content (AvgIpc) is 2.95. The van der Waals surface area contributed by atoms with Gasteiger partial charge in [-0.2, -0.15) is 0 Å². The summed E-state index contributed by atoms with van der Waals surface area (Å²) in [6.45, 7) is 6.29. The topological polar surface area (TPSA) is 58.8 Å². The summed E-state index contributed by atoms with van der Waals surface area (Å²) < 4.78 is 6.01. The largest absolute Gasteiger partial charge is 0.492 e. The first-order valence-corrected chi connectivity index (χ1v) is 10.7. The number of fused-ring (bicyclic) bond motifs is 1. The van der Waals surface area contributed by atoms with Crippen LogP contribution in [-0.4, -0.2) is 48.5 Å². The number of hydrogen-bond donors (Lipinski definition) is 1. The van der Waals surface area contributed by atoms with E-state index in [2.05, 4.69) is 58.3 Å². The third kappa shape index (κ3) is 5.37. The molecule has 1 unspecified atom stereocenters. The average molecular weight is 394 g/mol. The molecule has 0 aliphatic carbocycles. The Kier molecular flexibility index (Phi) is 6.47. The minimum atomic E-state index is -0.168. The zero-order valence-electron chi connectivity index (χ0n) is 17.1. The monoisotopic (exact) mass is 393 g/mol. The third-order valence-electron chi connectivity index (χ3n) is 6.06. The number of carbonyl (C=O) groups excluding carboxylic acids is 1. The van der Waals surface area contributed by atoms with Gasteiger partial charge in [-0.1, -0.05) is 36.4 Å². The molecule has 0 radical (unpaired) electrons. The quantitative estimate of drug-likeness (QED) is 0.820. The Bertz CT molecular complexity index is 824. The summed E-state index contributed by atoms with van der Waals surface area (Å²) in [6.07, 6.45) is 3.01. The lowest BCUT2D eigenvalue weighted by molar-refractivity contribution is -0.123. The van der Waals surface area contributed by atoms with E-state index in [1.807, 2.05) is 0 Å². The minimum Gasteiger partial charge on any atom is -0.492 e. The number of likely N-dealkylation sites (tertiary alicyclic amines) is 1. The number of amides is 1. The van der Waals surface area contributed by atoms with Gasteiger partial charge in [0.25, 0.3) is 0 Å². The fraction of sp³-hybridized carbons (Fsp3) is 0.458. The lowest BCUT2D eigenvalue weighted by Gasteiger charge is -2.31. The van der Waals surface area contributed by atoms with Crippen LogP contribution in [-0.2, 0) is 24.3 Å². The van der Waals surface area contributed by atoms with Gasteiger partial charge in [0, 0.05) is 38.3 Å². The summed E-state index contributed by atoms with van der Waals surface area (Å²) in [4.78, 5) is 16.4. The second-order valence-electron chi connectivity index (χ2n) is 8.28. The van der Waals surface area contributed by atoms with Crippen LogP contribution in [0.4, 0.5) is 0 Å². The molecule has 2 aromatic rings. The minimum absolute atomic E-state index is 0.0126. The molecule has 1 amide bonds. The maximum absolute atomic E-state index is 11.6. The smallest absolute Gasteiger partial charge is 0.221 e. The molecule has 2 aliphatic rings. The molecule has 2 N–H and O–H groups in total. The number of nitrogens with zero attached hydrogens (tertiary/aromatic N) is 2. The third-order valence-corrected chi connectivity index (χ3v) is 6.06. The van der Waals surface area contributed by atoms with E-state index in [-0.39, 0.29) is 11.8 Å². The van der Waals surface area contributed by atoms with E-state index in [0.717, 1.165) is 70.9 Å². The van der Waals surface area contributed by atoms with Crippen molar-refractivity contribution in [3.63, 3.8) is 0 Å². The normalized spacial score (nSPS) is 20.5. The van der Waals surface area contributed by atoms with E-state index in [9.17, 15) is 4.79 Å². The second-order valence-corrected chi connectivity index (χ2v) is 8.28. The van der Waals surface area contributed by atoms with Crippen LogP contribution in [0.5, 0.6) is 5.75 Å². The number of primary amides is 1. The molecule has 1 fully saturated rings. The predicted molar refractivity (Wildman–Crippen MR) is 115 cm³/mol. The first-order chi connectivity index (χ1) is 14.2. The van der Waals surface area contributed by atoms with Gasteiger partial charge in [0.05, 0.1) is 5.92 Å². The van der Waals surface area contributed by atoms with E-state index >= 15 is 0 Å². The van der Waals surface area contributed by atoms with Gasteiger partial charge in [0.2, 0.25) is 5.91 Å². The molecule has 2 aromatic carbocycles. The summed E-state index contributed by atoms with van der Waals surface area (Å²) in [5.74, 6) is 0.824.